The fourth-order valence-electron chi connectivity index (χ4n) is 0.337. The Kier molecular flexibility index (Phi) is 11.5. The molecule has 1 aromatic rings. The molecule has 0 saturated heterocycles. The molecule has 0 aliphatic rings. The van der Waals surface area contributed by atoms with E-state index in [1.807, 2.05) is 0 Å². The van der Waals surface area contributed by atoms with Crippen molar-refractivity contribution in [3.8, 4) is 0 Å². The molecule has 1 aromatic heterocycles. The van der Waals surface area contributed by atoms with Gasteiger partial charge in [0.15, 0.2) is 0 Å². The molecule has 53 valence electrons. The van der Waals surface area contributed by atoms with Crippen LogP contribution in [0.4, 0.5) is 0 Å². The molecule has 0 aromatic carbocycles. The summed E-state index contributed by atoms with van der Waals surface area (Å²) >= 11 is 0. The minimum Gasteiger partial charge on any atom is -0.434 e. The van der Waals surface area contributed by atoms with Gasteiger partial charge in [0.2, 0.25) is 0 Å². The first-order valence-electron chi connectivity index (χ1n) is 2.65. The number of H-pyrrole nitrogens is 1. The Balaban J connectivity index is 0. The first-order valence-corrected chi connectivity index (χ1v) is 2.65. The summed E-state index contributed by atoms with van der Waals surface area (Å²) in [5.74, 6) is 0. The van der Waals surface area contributed by atoms with Gasteiger partial charge in [-0.1, -0.05) is 0 Å². The summed E-state index contributed by atoms with van der Waals surface area (Å²) in [6, 6.07) is 5.60. The average Bonchev–Trinajstić information content (AvgIpc) is 1.94. The van der Waals surface area contributed by atoms with Crippen molar-refractivity contribution in [1.82, 2.24) is 4.98 Å². The molecular weight excluding hydrogens is 203 g/mol. The maximum atomic E-state index is 10.2. The first-order chi connectivity index (χ1) is 4.39. The number of pyridine rings is 1. The molecule has 1 rings (SSSR count). The predicted octanol–water partition coefficient (Wildman–Crippen LogP) is 1.01. The largest absolute Gasteiger partial charge is 0.434 e. The summed E-state index contributed by atoms with van der Waals surface area (Å²) < 4.78 is 0. The summed E-state index contributed by atoms with van der Waals surface area (Å²) in [5.41, 5.74) is -0.109. The molecular formula is C7H9NOY-2. The summed E-state index contributed by atoms with van der Waals surface area (Å²) in [4.78, 5) is 12.6. The molecule has 0 fully saturated rings. The van der Waals surface area contributed by atoms with Gasteiger partial charge < -0.3 is 16.7 Å². The van der Waals surface area contributed by atoms with E-state index in [1.165, 1.54) is 6.07 Å². The Bertz CT molecular complexity index is 179. The van der Waals surface area contributed by atoms with E-state index in [4.69, 9.17) is 0 Å². The molecule has 0 spiro atoms. The van der Waals surface area contributed by atoms with Gasteiger partial charge in [-0.25, -0.2) is 0 Å². The molecule has 2 nitrogen and oxygen atoms in total. The van der Waals surface area contributed by atoms with Crippen molar-refractivity contribution in [3.05, 3.63) is 41.7 Å². The van der Waals surface area contributed by atoms with Crippen LogP contribution in [-0.2, 0) is 32.7 Å². The zero-order valence-electron chi connectivity index (χ0n) is 5.92. The van der Waals surface area contributed by atoms with E-state index < -0.39 is 0 Å². The van der Waals surface area contributed by atoms with E-state index >= 15 is 0 Å². The second kappa shape index (κ2) is 9.05. The summed E-state index contributed by atoms with van der Waals surface area (Å²) in [7, 11) is 0. The van der Waals surface area contributed by atoms with E-state index in [-0.39, 0.29) is 38.3 Å². The Labute approximate surface area is 85.9 Å². The molecule has 1 heterocycles. The van der Waals surface area contributed by atoms with Gasteiger partial charge in [-0.05, 0) is 0 Å². The fraction of sp³-hybridized carbons (Fsp3) is 0.143. The predicted molar refractivity (Wildman–Crippen MR) is 36.9 cm³/mol. The van der Waals surface area contributed by atoms with E-state index in [2.05, 4.69) is 18.0 Å². The van der Waals surface area contributed by atoms with Crippen LogP contribution in [-0.4, -0.2) is 4.98 Å². The number of aromatic amines is 1. The third-order valence-corrected chi connectivity index (χ3v) is 0.620. The Morgan fingerprint density at radius 2 is 2.20 bits per heavy atom. The van der Waals surface area contributed by atoms with Gasteiger partial charge in [-0.3, -0.25) is 0 Å². The molecule has 0 saturated carbocycles. The van der Waals surface area contributed by atoms with Gasteiger partial charge in [0.1, 0.15) is 5.56 Å². The second-order valence-corrected chi connectivity index (χ2v) is 1.15. The normalized spacial score (nSPS) is 6.60. The van der Waals surface area contributed by atoms with E-state index in [0.717, 1.165) is 0 Å². The third kappa shape index (κ3) is 6.18. The maximum Gasteiger partial charge on any atom is 0.133 e. The van der Waals surface area contributed by atoms with Crippen LogP contribution in [0.1, 0.15) is 6.92 Å². The van der Waals surface area contributed by atoms with Gasteiger partial charge in [0, 0.05) is 32.7 Å². The molecule has 0 aliphatic heterocycles. The maximum absolute atomic E-state index is 10.2. The fourth-order valence-corrected chi connectivity index (χ4v) is 0.337. The van der Waals surface area contributed by atoms with Gasteiger partial charge in [-0.2, -0.15) is 19.1 Å². The first kappa shape index (κ1) is 12.7. The molecule has 0 bridgehead atoms. The molecule has 0 aliphatic carbocycles. The number of rotatable bonds is 0. The van der Waals surface area contributed by atoms with Crippen LogP contribution in [0, 0.1) is 13.0 Å². The van der Waals surface area contributed by atoms with Crippen LogP contribution in [0.25, 0.3) is 0 Å². The third-order valence-electron chi connectivity index (χ3n) is 0.620. The molecule has 1 N–H and O–H groups in total. The summed E-state index contributed by atoms with van der Waals surface area (Å²) in [6.07, 6.45) is 1.54. The quantitative estimate of drug-likeness (QED) is 0.639. The van der Waals surface area contributed by atoms with Crippen LogP contribution in [0.3, 0.4) is 0 Å². The van der Waals surface area contributed by atoms with Gasteiger partial charge in [0.25, 0.3) is 0 Å². The Morgan fingerprint density at radius 3 is 2.40 bits per heavy atom. The van der Waals surface area contributed by atoms with E-state index in [0.29, 0.717) is 0 Å². The van der Waals surface area contributed by atoms with Crippen molar-refractivity contribution < 1.29 is 32.7 Å². The number of hydrogen-bond donors (Lipinski definition) is 1. The van der Waals surface area contributed by atoms with Crippen molar-refractivity contribution in [2.75, 3.05) is 0 Å². The Morgan fingerprint density at radius 1 is 1.60 bits per heavy atom. The summed E-state index contributed by atoms with van der Waals surface area (Å²) in [5, 5.41) is 0. The van der Waals surface area contributed by atoms with Crippen molar-refractivity contribution in [1.29, 1.82) is 0 Å². The van der Waals surface area contributed by atoms with E-state index in [9.17, 15) is 4.79 Å². The molecule has 3 heteroatoms. The SMILES string of the molecule is O=c1c[c-]cc[nH]1.[CH2-]C.[Y]. The smallest absolute Gasteiger partial charge is 0.133 e. The van der Waals surface area contributed by atoms with Gasteiger partial charge in [-0.15, -0.1) is 12.3 Å². The molecule has 0 unspecified atom stereocenters. The monoisotopic (exact) mass is 212 g/mol. The van der Waals surface area contributed by atoms with Crippen molar-refractivity contribution >= 4 is 0 Å². The van der Waals surface area contributed by atoms with Crippen LogP contribution < -0.4 is 5.56 Å². The van der Waals surface area contributed by atoms with Crippen LogP contribution in [0.15, 0.2) is 23.1 Å². The number of aromatic nitrogens is 1. The van der Waals surface area contributed by atoms with Crippen LogP contribution in [0.2, 0.25) is 0 Å². The Hall–Kier alpha value is 0.0539. The number of nitrogens with one attached hydrogen (secondary N) is 1. The van der Waals surface area contributed by atoms with Crippen LogP contribution >= 0.6 is 0 Å². The molecule has 10 heavy (non-hydrogen) atoms. The molecule has 0 atom stereocenters. The summed E-state index contributed by atoms with van der Waals surface area (Å²) in [6.45, 7) is 5.00. The van der Waals surface area contributed by atoms with Crippen molar-refractivity contribution in [3.63, 3.8) is 0 Å². The van der Waals surface area contributed by atoms with Gasteiger partial charge >= 0.3 is 0 Å². The zero-order chi connectivity index (χ0) is 7.11. The van der Waals surface area contributed by atoms with Crippen LogP contribution in [0.5, 0.6) is 0 Å². The van der Waals surface area contributed by atoms with E-state index in [1.54, 1.807) is 19.2 Å². The molecule has 1 radical (unpaired) electrons. The zero-order valence-corrected chi connectivity index (χ0v) is 8.76. The number of hydrogen-bond acceptors (Lipinski definition) is 1. The van der Waals surface area contributed by atoms with Crippen molar-refractivity contribution in [2.45, 2.75) is 6.92 Å². The topological polar surface area (TPSA) is 32.9 Å². The minimum atomic E-state index is -0.109. The van der Waals surface area contributed by atoms with Gasteiger partial charge in [0.05, 0.1) is 0 Å². The average molecular weight is 212 g/mol. The molecule has 0 amide bonds. The minimum absolute atomic E-state index is 0. The second-order valence-electron chi connectivity index (χ2n) is 1.15. The van der Waals surface area contributed by atoms with Crippen molar-refractivity contribution in [2.24, 2.45) is 0 Å². The standard InChI is InChI=1S/C5H4NO.C2H5.Y/c7-5-3-1-2-4-6-5;1-2;/h2-4H,(H,6,7);1H2,2H3;/q2*-1;.